The molecule has 0 aliphatic heterocycles. The highest BCUT2D eigenvalue weighted by Gasteiger charge is 2.08. The van der Waals surface area contributed by atoms with Crippen LogP contribution in [-0.2, 0) is 0 Å². The van der Waals surface area contributed by atoms with E-state index in [-0.39, 0.29) is 6.61 Å². The van der Waals surface area contributed by atoms with E-state index in [0.717, 1.165) is 11.3 Å². The lowest BCUT2D eigenvalue weighted by Gasteiger charge is -2.10. The van der Waals surface area contributed by atoms with Gasteiger partial charge in [-0.1, -0.05) is 28.4 Å². The van der Waals surface area contributed by atoms with E-state index in [1.54, 1.807) is 42.5 Å². The Morgan fingerprint density at radius 2 is 1.82 bits per heavy atom. The Morgan fingerprint density at radius 1 is 1.09 bits per heavy atom. The Kier molecular flexibility index (Phi) is 5.92. The van der Waals surface area contributed by atoms with Crippen LogP contribution in [-0.4, -0.2) is 24.1 Å². The van der Waals surface area contributed by atoms with Gasteiger partial charge >= 0.3 is 0 Å². The fourth-order valence-corrected chi connectivity index (χ4v) is 2.28. The van der Waals surface area contributed by atoms with Crippen LogP contribution >= 0.6 is 23.2 Å². The molecule has 2 aromatic carbocycles. The zero-order chi connectivity index (χ0) is 15.9. The predicted octanol–water partition coefficient (Wildman–Crippen LogP) is 4.65. The average Bonchev–Trinajstić information content (AvgIpc) is 2.51. The van der Waals surface area contributed by atoms with Gasteiger partial charge in [-0.25, -0.2) is 0 Å². The number of nitrogens with zero attached hydrogens (tertiary/aromatic N) is 1. The second-order valence-electron chi connectivity index (χ2n) is 4.37. The Hall–Kier alpha value is -1.91. The fraction of sp³-hybridized carbons (Fsp3) is 0.188. The van der Waals surface area contributed by atoms with Crippen LogP contribution in [0.4, 0.5) is 0 Å². The van der Waals surface area contributed by atoms with Crippen LogP contribution in [0.15, 0.2) is 47.6 Å². The van der Waals surface area contributed by atoms with Crippen molar-refractivity contribution in [3.05, 3.63) is 58.1 Å². The summed E-state index contributed by atoms with van der Waals surface area (Å²) in [6.45, 7) is 2.59. The summed E-state index contributed by atoms with van der Waals surface area (Å²) >= 11 is 11.9. The molecule has 0 amide bonds. The fourth-order valence-electron chi connectivity index (χ4n) is 1.82. The smallest absolute Gasteiger partial charge is 0.138 e. The summed E-state index contributed by atoms with van der Waals surface area (Å²) < 4.78 is 10.9. The SMILES string of the molecule is CCOc1ccc(/C(COc2ccc(Cl)cc2Cl)=N\O)cc1. The standard InChI is InChI=1S/C16H15Cl2NO3/c1-2-21-13-6-3-11(4-7-13)15(19-20)10-22-16-8-5-12(17)9-14(16)18/h3-9,20H,2,10H2,1H3/b19-15-. The van der Waals surface area contributed by atoms with Crippen LogP contribution < -0.4 is 9.47 Å². The zero-order valence-electron chi connectivity index (χ0n) is 11.9. The van der Waals surface area contributed by atoms with Gasteiger partial charge in [0.1, 0.15) is 23.8 Å². The van der Waals surface area contributed by atoms with E-state index in [9.17, 15) is 0 Å². The van der Waals surface area contributed by atoms with E-state index in [2.05, 4.69) is 5.16 Å². The second kappa shape index (κ2) is 7.92. The Bertz CT molecular complexity index is 657. The van der Waals surface area contributed by atoms with Gasteiger partial charge in [0.05, 0.1) is 11.6 Å². The normalized spacial score (nSPS) is 11.3. The van der Waals surface area contributed by atoms with Crippen molar-refractivity contribution in [1.82, 2.24) is 0 Å². The van der Waals surface area contributed by atoms with Crippen LogP contribution in [0, 0.1) is 0 Å². The molecule has 6 heteroatoms. The second-order valence-corrected chi connectivity index (χ2v) is 5.21. The van der Waals surface area contributed by atoms with Gasteiger partial charge in [0.15, 0.2) is 0 Å². The molecule has 0 bridgehead atoms. The molecule has 2 rings (SSSR count). The van der Waals surface area contributed by atoms with Crippen LogP contribution in [0.2, 0.25) is 10.0 Å². The van der Waals surface area contributed by atoms with Crippen molar-refractivity contribution in [3.8, 4) is 11.5 Å². The highest BCUT2D eigenvalue weighted by Crippen LogP contribution is 2.27. The molecule has 2 aromatic rings. The van der Waals surface area contributed by atoms with Gasteiger partial charge in [0, 0.05) is 10.6 Å². The molecule has 0 unspecified atom stereocenters. The quantitative estimate of drug-likeness (QED) is 0.473. The molecular formula is C16H15Cl2NO3. The van der Waals surface area contributed by atoms with Gasteiger partial charge in [-0.15, -0.1) is 0 Å². The Morgan fingerprint density at radius 3 is 2.41 bits per heavy atom. The van der Waals surface area contributed by atoms with Crippen molar-refractivity contribution < 1.29 is 14.7 Å². The maximum Gasteiger partial charge on any atom is 0.138 e. The lowest BCUT2D eigenvalue weighted by molar-refractivity contribution is 0.308. The number of rotatable bonds is 6. The molecule has 116 valence electrons. The molecule has 0 saturated carbocycles. The maximum atomic E-state index is 9.17. The number of benzene rings is 2. The van der Waals surface area contributed by atoms with E-state index < -0.39 is 0 Å². The first-order chi connectivity index (χ1) is 10.6. The highest BCUT2D eigenvalue weighted by atomic mass is 35.5. The van der Waals surface area contributed by atoms with Crippen molar-refractivity contribution >= 4 is 28.9 Å². The molecule has 0 aliphatic carbocycles. The number of ether oxygens (including phenoxy) is 2. The minimum Gasteiger partial charge on any atom is -0.494 e. The minimum atomic E-state index is 0.0752. The third-order valence-corrected chi connectivity index (χ3v) is 3.41. The summed E-state index contributed by atoms with van der Waals surface area (Å²) in [6.07, 6.45) is 0. The molecule has 0 fully saturated rings. The molecule has 4 nitrogen and oxygen atoms in total. The highest BCUT2D eigenvalue weighted by molar-refractivity contribution is 6.35. The van der Waals surface area contributed by atoms with Crippen LogP contribution in [0.5, 0.6) is 11.5 Å². The average molecular weight is 340 g/mol. The first kappa shape index (κ1) is 16.5. The van der Waals surface area contributed by atoms with Crippen molar-refractivity contribution in [1.29, 1.82) is 0 Å². The zero-order valence-corrected chi connectivity index (χ0v) is 13.4. The largest absolute Gasteiger partial charge is 0.494 e. The van der Waals surface area contributed by atoms with E-state index in [4.69, 9.17) is 37.9 Å². The van der Waals surface area contributed by atoms with Gasteiger partial charge in [-0.05, 0) is 49.4 Å². The van der Waals surface area contributed by atoms with Crippen LogP contribution in [0.25, 0.3) is 0 Å². The summed E-state index contributed by atoms with van der Waals surface area (Å²) in [5.41, 5.74) is 1.12. The van der Waals surface area contributed by atoms with E-state index in [1.807, 2.05) is 6.92 Å². The van der Waals surface area contributed by atoms with E-state index in [1.165, 1.54) is 0 Å². The summed E-state index contributed by atoms with van der Waals surface area (Å²) in [6, 6.07) is 12.1. The van der Waals surface area contributed by atoms with Gasteiger partial charge in [-0.2, -0.15) is 0 Å². The van der Waals surface area contributed by atoms with Gasteiger partial charge in [0.25, 0.3) is 0 Å². The number of halogens is 2. The molecule has 1 N–H and O–H groups in total. The third kappa shape index (κ3) is 4.29. The van der Waals surface area contributed by atoms with Crippen molar-refractivity contribution in [2.75, 3.05) is 13.2 Å². The molecule has 0 aliphatic rings. The lowest BCUT2D eigenvalue weighted by Crippen LogP contribution is -2.13. The maximum absolute atomic E-state index is 9.17. The Balaban J connectivity index is 2.06. The van der Waals surface area contributed by atoms with Crippen molar-refractivity contribution in [2.45, 2.75) is 6.92 Å². The molecule has 22 heavy (non-hydrogen) atoms. The minimum absolute atomic E-state index is 0.0752. The van der Waals surface area contributed by atoms with E-state index >= 15 is 0 Å². The molecule has 0 aromatic heterocycles. The molecule has 0 heterocycles. The summed E-state index contributed by atoms with van der Waals surface area (Å²) in [4.78, 5) is 0. The number of oxime groups is 1. The third-order valence-electron chi connectivity index (χ3n) is 2.88. The van der Waals surface area contributed by atoms with Crippen LogP contribution in [0.1, 0.15) is 12.5 Å². The number of hydrogen-bond acceptors (Lipinski definition) is 4. The monoisotopic (exact) mass is 339 g/mol. The first-order valence-electron chi connectivity index (χ1n) is 6.66. The topological polar surface area (TPSA) is 51.0 Å². The van der Waals surface area contributed by atoms with Crippen molar-refractivity contribution in [3.63, 3.8) is 0 Å². The summed E-state index contributed by atoms with van der Waals surface area (Å²) in [5.74, 6) is 1.23. The Labute approximate surface area is 138 Å². The van der Waals surface area contributed by atoms with Crippen molar-refractivity contribution in [2.24, 2.45) is 5.16 Å². The molecule has 0 spiro atoms. The van der Waals surface area contributed by atoms with Gasteiger partial charge < -0.3 is 14.7 Å². The van der Waals surface area contributed by atoms with Gasteiger partial charge in [0.2, 0.25) is 0 Å². The first-order valence-corrected chi connectivity index (χ1v) is 7.41. The molecule has 0 saturated heterocycles. The summed E-state index contributed by atoms with van der Waals surface area (Å²) in [5, 5.41) is 13.4. The molecular weight excluding hydrogens is 325 g/mol. The summed E-state index contributed by atoms with van der Waals surface area (Å²) in [7, 11) is 0. The van der Waals surface area contributed by atoms with E-state index in [0.29, 0.717) is 28.1 Å². The predicted molar refractivity (Wildman–Crippen MR) is 87.9 cm³/mol. The van der Waals surface area contributed by atoms with Crippen LogP contribution in [0.3, 0.4) is 0 Å². The molecule has 0 radical (unpaired) electrons. The van der Waals surface area contributed by atoms with Gasteiger partial charge in [-0.3, -0.25) is 0 Å². The number of hydrogen-bond donors (Lipinski definition) is 1. The lowest BCUT2D eigenvalue weighted by atomic mass is 10.1. The molecule has 0 atom stereocenters.